The number of fused-ring (bicyclic) bond motifs is 2. The average molecular weight is 364 g/mol. The second-order valence-corrected chi connectivity index (χ2v) is 9.83. The molecule has 0 saturated heterocycles. The second kappa shape index (κ2) is 5.92. The van der Waals surface area contributed by atoms with Gasteiger partial charge in [-0.2, -0.15) is 5.10 Å². The van der Waals surface area contributed by atoms with Crippen molar-refractivity contribution in [2.75, 3.05) is 0 Å². The maximum Gasteiger partial charge on any atom is 0.0947 e. The number of thiazole rings is 1. The van der Waals surface area contributed by atoms with Gasteiger partial charge in [0.15, 0.2) is 0 Å². The summed E-state index contributed by atoms with van der Waals surface area (Å²) in [7, 11) is 0. The molecule has 0 fully saturated rings. The molecule has 3 aromatic heterocycles. The zero-order chi connectivity index (χ0) is 18.5. The lowest BCUT2D eigenvalue weighted by Gasteiger charge is -2.24. The molecule has 3 heterocycles. The molecule has 4 rings (SSSR count). The van der Waals surface area contributed by atoms with Crippen LogP contribution in [-0.4, -0.2) is 14.6 Å². The minimum Gasteiger partial charge on any atom is -0.241 e. The van der Waals surface area contributed by atoms with Crippen LogP contribution in [0, 0.1) is 0 Å². The highest BCUT2D eigenvalue weighted by atomic mass is 32.1. The largest absolute Gasteiger partial charge is 0.241 e. The Balaban J connectivity index is 1.66. The molecule has 0 saturated carbocycles. The fourth-order valence-corrected chi connectivity index (χ4v) is 4.57. The molecule has 0 unspecified atom stereocenters. The first-order valence-corrected chi connectivity index (χ1v) is 9.88. The van der Waals surface area contributed by atoms with E-state index in [-0.39, 0.29) is 10.8 Å². The van der Waals surface area contributed by atoms with Gasteiger partial charge in [-0.25, -0.2) is 9.50 Å². The van der Waals surface area contributed by atoms with Gasteiger partial charge >= 0.3 is 0 Å². The van der Waals surface area contributed by atoms with E-state index in [0.717, 1.165) is 17.5 Å². The van der Waals surface area contributed by atoms with Gasteiger partial charge in [-0.1, -0.05) is 40.7 Å². The zero-order valence-electron chi connectivity index (χ0n) is 16.1. The van der Waals surface area contributed by atoms with Gasteiger partial charge in [0.05, 0.1) is 20.7 Å². The van der Waals surface area contributed by atoms with Crippen molar-refractivity contribution in [1.29, 1.82) is 0 Å². The molecule has 3 nitrogen and oxygen atoms in total. The van der Waals surface area contributed by atoms with Gasteiger partial charge < -0.3 is 0 Å². The number of pyridine rings is 1. The number of hydrogen-bond acceptors (Lipinski definition) is 3. The molecule has 26 heavy (non-hydrogen) atoms. The fourth-order valence-electron chi connectivity index (χ4n) is 3.34. The van der Waals surface area contributed by atoms with Gasteiger partial charge in [0.2, 0.25) is 0 Å². The Morgan fingerprint density at radius 2 is 1.77 bits per heavy atom. The maximum absolute atomic E-state index is 4.90. The summed E-state index contributed by atoms with van der Waals surface area (Å²) in [6.07, 6.45) is 4.81. The quantitative estimate of drug-likeness (QED) is 0.463. The highest BCUT2D eigenvalue weighted by Gasteiger charge is 2.24. The number of hydrogen-bond donors (Lipinski definition) is 0. The monoisotopic (exact) mass is 363 g/mol. The molecule has 0 atom stereocenters. The van der Waals surface area contributed by atoms with E-state index in [2.05, 4.69) is 70.0 Å². The first-order chi connectivity index (χ1) is 12.2. The SMILES string of the molecule is CC(C)(C)c1ccc2nc(CC(C)(C)c3ccn4nccc4c3)sc2c1. The molecule has 0 spiro atoms. The molecule has 0 aliphatic rings. The van der Waals surface area contributed by atoms with Crippen molar-refractivity contribution in [3.8, 4) is 0 Å². The molecule has 4 aromatic rings. The standard InChI is InChI=1S/C22H25N3S/c1-21(2,3)15-6-7-18-19(13-15)26-20(24-18)14-22(4,5)16-9-11-25-17(12-16)8-10-23-25/h6-13H,14H2,1-5H3. The van der Waals surface area contributed by atoms with E-state index in [9.17, 15) is 0 Å². The molecule has 0 radical (unpaired) electrons. The summed E-state index contributed by atoms with van der Waals surface area (Å²) in [4.78, 5) is 4.90. The van der Waals surface area contributed by atoms with Crippen molar-refractivity contribution in [3.05, 3.63) is 64.9 Å². The Kier molecular flexibility index (Phi) is 3.92. The molecule has 1 aromatic carbocycles. The van der Waals surface area contributed by atoms with Crippen LogP contribution < -0.4 is 0 Å². The van der Waals surface area contributed by atoms with E-state index < -0.39 is 0 Å². The van der Waals surface area contributed by atoms with E-state index >= 15 is 0 Å². The first-order valence-electron chi connectivity index (χ1n) is 9.06. The van der Waals surface area contributed by atoms with Crippen LogP contribution in [0.25, 0.3) is 15.7 Å². The Morgan fingerprint density at radius 1 is 0.962 bits per heavy atom. The summed E-state index contributed by atoms with van der Waals surface area (Å²) in [5, 5.41) is 5.49. The predicted molar refractivity (Wildman–Crippen MR) is 110 cm³/mol. The van der Waals surface area contributed by atoms with Crippen molar-refractivity contribution in [2.45, 2.75) is 51.9 Å². The summed E-state index contributed by atoms with van der Waals surface area (Å²) in [6.45, 7) is 11.4. The van der Waals surface area contributed by atoms with Gasteiger partial charge in [-0.15, -0.1) is 11.3 Å². The first kappa shape index (κ1) is 17.2. The summed E-state index contributed by atoms with van der Waals surface area (Å²) in [5.74, 6) is 0. The normalized spacial score (nSPS) is 13.0. The molecule has 134 valence electrons. The smallest absolute Gasteiger partial charge is 0.0947 e. The van der Waals surface area contributed by atoms with Gasteiger partial charge in [-0.05, 0) is 52.3 Å². The predicted octanol–water partition coefficient (Wildman–Crippen LogP) is 5.76. The van der Waals surface area contributed by atoms with Crippen LogP contribution in [-0.2, 0) is 17.3 Å². The van der Waals surface area contributed by atoms with Crippen molar-refractivity contribution in [2.24, 2.45) is 0 Å². The van der Waals surface area contributed by atoms with Crippen molar-refractivity contribution in [1.82, 2.24) is 14.6 Å². The third kappa shape index (κ3) is 3.14. The second-order valence-electron chi connectivity index (χ2n) is 8.72. The number of rotatable bonds is 3. The van der Waals surface area contributed by atoms with Gasteiger partial charge in [0, 0.05) is 18.8 Å². The zero-order valence-corrected chi connectivity index (χ0v) is 16.9. The van der Waals surface area contributed by atoms with Crippen LogP contribution in [0.4, 0.5) is 0 Å². The van der Waals surface area contributed by atoms with Crippen LogP contribution in [0.5, 0.6) is 0 Å². The Morgan fingerprint density at radius 3 is 2.54 bits per heavy atom. The number of aromatic nitrogens is 3. The van der Waals surface area contributed by atoms with E-state index in [1.165, 1.54) is 20.8 Å². The van der Waals surface area contributed by atoms with Crippen molar-refractivity contribution < 1.29 is 0 Å². The number of nitrogens with zero attached hydrogens (tertiary/aromatic N) is 3. The molecule has 0 N–H and O–H groups in total. The summed E-state index contributed by atoms with van der Waals surface area (Å²) < 4.78 is 3.19. The Hall–Kier alpha value is -2.20. The third-order valence-corrected chi connectivity index (χ3v) is 6.09. The lowest BCUT2D eigenvalue weighted by molar-refractivity contribution is 0.521. The van der Waals surface area contributed by atoms with E-state index in [1.807, 2.05) is 34.3 Å². The minimum absolute atomic E-state index is 0.0206. The molecule has 0 bridgehead atoms. The summed E-state index contributed by atoms with van der Waals surface area (Å²) in [6, 6.07) is 13.1. The van der Waals surface area contributed by atoms with E-state index in [0.29, 0.717) is 0 Å². The lowest BCUT2D eigenvalue weighted by atomic mass is 9.82. The van der Waals surface area contributed by atoms with Gasteiger partial charge in [0.1, 0.15) is 0 Å². The van der Waals surface area contributed by atoms with Crippen LogP contribution in [0.1, 0.15) is 50.8 Å². The van der Waals surface area contributed by atoms with Gasteiger partial charge in [0.25, 0.3) is 0 Å². The van der Waals surface area contributed by atoms with E-state index in [1.54, 1.807) is 0 Å². The van der Waals surface area contributed by atoms with Gasteiger partial charge in [-0.3, -0.25) is 0 Å². The average Bonchev–Trinajstić information content (AvgIpc) is 3.17. The Bertz CT molecular complexity index is 1080. The topological polar surface area (TPSA) is 30.2 Å². The molecular weight excluding hydrogens is 338 g/mol. The summed E-state index contributed by atoms with van der Waals surface area (Å²) >= 11 is 1.83. The molecule has 0 aliphatic heterocycles. The van der Waals surface area contributed by atoms with E-state index in [4.69, 9.17) is 4.98 Å². The van der Waals surface area contributed by atoms with Crippen LogP contribution in [0.3, 0.4) is 0 Å². The fraction of sp³-hybridized carbons (Fsp3) is 0.364. The molecule has 0 aliphatic carbocycles. The Labute approximate surface area is 158 Å². The molecule has 4 heteroatoms. The molecule has 0 amide bonds. The van der Waals surface area contributed by atoms with Crippen LogP contribution in [0.2, 0.25) is 0 Å². The van der Waals surface area contributed by atoms with Crippen molar-refractivity contribution in [3.63, 3.8) is 0 Å². The molecular formula is C22H25N3S. The maximum atomic E-state index is 4.90. The third-order valence-electron chi connectivity index (χ3n) is 5.07. The lowest BCUT2D eigenvalue weighted by Crippen LogP contribution is -2.20. The van der Waals surface area contributed by atoms with Crippen LogP contribution >= 0.6 is 11.3 Å². The summed E-state index contributed by atoms with van der Waals surface area (Å²) in [5.41, 5.74) is 5.12. The van der Waals surface area contributed by atoms with Crippen LogP contribution in [0.15, 0.2) is 48.8 Å². The number of benzene rings is 1. The minimum atomic E-state index is 0.0206. The van der Waals surface area contributed by atoms with Crippen molar-refractivity contribution >= 4 is 27.1 Å². The highest BCUT2D eigenvalue weighted by Crippen LogP contribution is 2.34. The highest BCUT2D eigenvalue weighted by molar-refractivity contribution is 7.18.